The van der Waals surface area contributed by atoms with Gasteiger partial charge in [0.05, 0.1) is 56.9 Å². The van der Waals surface area contributed by atoms with Crippen molar-refractivity contribution in [2.75, 3.05) is 56.9 Å². The minimum atomic E-state index is -0.224. The summed E-state index contributed by atoms with van der Waals surface area (Å²) >= 11 is 0. The van der Waals surface area contributed by atoms with Gasteiger partial charge < -0.3 is 48.1 Å². The number of ketones is 2. The second-order valence-corrected chi connectivity index (χ2v) is 20.2. The van der Waals surface area contributed by atoms with Gasteiger partial charge in [-0.3, -0.25) is 19.2 Å². The highest BCUT2D eigenvalue weighted by Gasteiger charge is 2.37. The van der Waals surface area contributed by atoms with Crippen molar-refractivity contribution >= 4 is 122 Å². The van der Waals surface area contributed by atoms with Crippen molar-refractivity contribution in [1.29, 1.82) is 0 Å². The molecular weight excluding hydrogens is 993 g/mol. The van der Waals surface area contributed by atoms with Crippen LogP contribution in [0.4, 0.5) is 0 Å². The molecule has 14 nitrogen and oxygen atoms in total. The first-order valence-corrected chi connectivity index (χ1v) is 25.1. The fraction of sp³-hybridized carbons (Fsp3) is 0.250. The Morgan fingerprint density at radius 3 is 1.10 bits per heavy atom. The summed E-state index contributed by atoms with van der Waals surface area (Å²) in [5, 5.41) is 34.6. The fourth-order valence-corrected chi connectivity index (χ4v) is 13.7. The van der Waals surface area contributed by atoms with Gasteiger partial charge in [0.25, 0.3) is 0 Å². The van der Waals surface area contributed by atoms with E-state index in [2.05, 4.69) is 13.2 Å². The van der Waals surface area contributed by atoms with Gasteiger partial charge in [-0.25, -0.2) is 0 Å². The van der Waals surface area contributed by atoms with Crippen molar-refractivity contribution in [2.24, 2.45) is 0 Å². The Morgan fingerprint density at radius 2 is 0.718 bits per heavy atom. The van der Waals surface area contributed by atoms with Crippen LogP contribution in [0.1, 0.15) is 61.1 Å². The maximum absolute atomic E-state index is 13.7. The number of carbonyl (C=O) groups is 2. The molecule has 0 heterocycles. The number of phenolic OH excluding ortho intramolecular Hbond substituents is 2. The number of benzene rings is 10. The van der Waals surface area contributed by atoms with E-state index in [1.165, 1.54) is 47.5 Å². The molecule has 0 aromatic heterocycles. The highest BCUT2D eigenvalue weighted by atomic mass is 16.5. The summed E-state index contributed by atoms with van der Waals surface area (Å²) in [5.74, 6) is 2.86. The second kappa shape index (κ2) is 17.8. The van der Waals surface area contributed by atoms with E-state index >= 15 is 0 Å². The molecule has 14 heteroatoms. The molecule has 0 atom stereocenters. The lowest BCUT2D eigenvalue weighted by atomic mass is 9.81. The predicted molar refractivity (Wildman–Crippen MR) is 309 cm³/mol. The van der Waals surface area contributed by atoms with Crippen molar-refractivity contribution in [3.05, 3.63) is 99.7 Å². The van der Waals surface area contributed by atoms with Crippen LogP contribution in [0.2, 0.25) is 0 Å². The number of allylic oxidation sites excluding steroid dienone is 4. The molecule has 0 fully saturated rings. The molecule has 2 aliphatic rings. The highest BCUT2D eigenvalue weighted by Crippen LogP contribution is 2.59. The smallest absolute Gasteiger partial charge is 0.190 e. The molecule has 12 rings (SSSR count). The first-order chi connectivity index (χ1) is 37.2. The fourth-order valence-electron chi connectivity index (χ4n) is 13.7. The van der Waals surface area contributed by atoms with E-state index in [4.69, 9.17) is 37.9 Å². The van der Waals surface area contributed by atoms with Gasteiger partial charge in [0.1, 0.15) is 34.5 Å². The van der Waals surface area contributed by atoms with Gasteiger partial charge in [-0.2, -0.15) is 0 Å². The van der Waals surface area contributed by atoms with Gasteiger partial charge in [-0.05, 0) is 87.7 Å². The molecule has 396 valence electrons. The number of fused-ring (bicyclic) bond motifs is 2. The number of carbonyl (C=O) groups excluding carboxylic acids is 2. The molecule has 78 heavy (non-hydrogen) atoms. The van der Waals surface area contributed by atoms with Crippen molar-refractivity contribution in [3.8, 4) is 57.5 Å². The molecule has 0 amide bonds. The SMILES string of the molecule is C=c1cc(OC)c2c3c(OC)cc(=C)c4c(O)c(OC)c5c(c6c(c(OC)c(O)c1c26)CC(C)=C5C(C)=O)c43.COc1c(C)c2c(=O)cc(OC)c3c4c(OC)cc(=O)c5c(C)c(OC)c6c(c(c1CC(C)=C6C(C)=O)c23)c54. The van der Waals surface area contributed by atoms with Crippen molar-refractivity contribution in [2.45, 2.75) is 54.4 Å². The number of rotatable bonds is 10. The quantitative estimate of drug-likeness (QED) is 0.0975. The van der Waals surface area contributed by atoms with Crippen molar-refractivity contribution in [1.82, 2.24) is 0 Å². The van der Waals surface area contributed by atoms with Crippen LogP contribution in [-0.4, -0.2) is 78.7 Å². The molecule has 0 spiro atoms. The van der Waals surface area contributed by atoms with E-state index in [-0.39, 0.29) is 39.7 Å². The zero-order valence-electron chi connectivity index (χ0n) is 45.9. The largest absolute Gasteiger partial charge is 0.504 e. The third-order valence-electron chi connectivity index (χ3n) is 16.3. The molecule has 0 aliphatic heterocycles. The van der Waals surface area contributed by atoms with Gasteiger partial charge in [-0.15, -0.1) is 0 Å². The van der Waals surface area contributed by atoms with Crippen LogP contribution in [0.25, 0.3) is 110 Å². The average molecular weight is 1050 g/mol. The number of methoxy groups -OCH3 is 8. The van der Waals surface area contributed by atoms with Crippen LogP contribution in [0.5, 0.6) is 57.5 Å². The summed E-state index contributed by atoms with van der Waals surface area (Å²) in [5.41, 5.74) is 6.13. The highest BCUT2D eigenvalue weighted by molar-refractivity contribution is 6.43. The summed E-state index contributed by atoms with van der Waals surface area (Å²) in [6, 6.07) is 6.48. The first kappa shape index (κ1) is 51.1. The van der Waals surface area contributed by atoms with E-state index in [1.54, 1.807) is 47.5 Å². The number of aromatic hydroxyl groups is 2. The zero-order valence-corrected chi connectivity index (χ0v) is 45.9. The van der Waals surface area contributed by atoms with E-state index in [0.717, 1.165) is 27.5 Å². The molecule has 2 aliphatic carbocycles. The summed E-state index contributed by atoms with van der Waals surface area (Å²) in [6.45, 7) is 19.0. The average Bonchev–Trinajstić information content (AvgIpc) is 2.53. The minimum Gasteiger partial charge on any atom is -0.504 e. The topological polar surface area (TPSA) is 183 Å². The summed E-state index contributed by atoms with van der Waals surface area (Å²) in [6.07, 6.45) is 0.730. The molecule has 2 N–H and O–H groups in total. The maximum atomic E-state index is 13.7. The van der Waals surface area contributed by atoms with E-state index in [0.29, 0.717) is 178 Å². The lowest BCUT2D eigenvalue weighted by Gasteiger charge is -2.25. The van der Waals surface area contributed by atoms with Gasteiger partial charge in [-0.1, -0.05) is 24.3 Å². The van der Waals surface area contributed by atoms with Crippen LogP contribution < -0.4 is 59.2 Å². The molecule has 0 unspecified atom stereocenters. The van der Waals surface area contributed by atoms with Crippen LogP contribution in [0.3, 0.4) is 0 Å². The Bertz CT molecular complexity index is 4440. The van der Waals surface area contributed by atoms with Gasteiger partial charge in [0.15, 0.2) is 45.4 Å². The Morgan fingerprint density at radius 1 is 0.397 bits per heavy atom. The third-order valence-corrected chi connectivity index (χ3v) is 16.3. The van der Waals surface area contributed by atoms with E-state index in [9.17, 15) is 29.4 Å². The van der Waals surface area contributed by atoms with Crippen LogP contribution in [0.15, 0.2) is 45.0 Å². The first-order valence-electron chi connectivity index (χ1n) is 25.1. The zero-order chi connectivity index (χ0) is 56.1. The van der Waals surface area contributed by atoms with Crippen LogP contribution in [0, 0.1) is 13.8 Å². The van der Waals surface area contributed by atoms with Gasteiger partial charge in [0.2, 0.25) is 0 Å². The Balaban J connectivity index is 0.000000165. The normalized spacial score (nSPS) is 13.2. The molecule has 0 radical (unpaired) electrons. The molecule has 0 bridgehead atoms. The van der Waals surface area contributed by atoms with Crippen molar-refractivity contribution < 1.29 is 57.7 Å². The molecule has 10 aromatic carbocycles. The summed E-state index contributed by atoms with van der Waals surface area (Å²) < 4.78 is 47.0. The number of Topliss-reactive ketones (excluding diaryl/α,β-unsaturated/α-hetero) is 2. The number of hydrogen-bond donors (Lipinski definition) is 2. The van der Waals surface area contributed by atoms with Gasteiger partial charge >= 0.3 is 0 Å². The monoisotopic (exact) mass is 1050 g/mol. The molecule has 0 saturated heterocycles. The number of aryl methyl sites for hydroxylation is 2. The standard InChI is InChI=1S/2C32H28O7/c1-12-9-16-24-27-22(13(2)31(16)38-7)17(34)10-19(36-5)25(27)26-20(37-6)11-18(35)23-14(3)32(39-8)30(21(12)15(4)33)29(24)28(23)26;1-12-9-16-22-25-20(29(34)31(16)38-7)13(2)10-17(36-5)23(25)24-18(37-6)11-14(3)21-26(24)27(22)28(19(12)15(4)33)32(39-8)30(21)35/h10-11H,9H2,1-8H3;10-11,34-35H,2-3,9H2,1,4-8H3. The summed E-state index contributed by atoms with van der Waals surface area (Å²) in [4.78, 5) is 54.0. The Kier molecular flexibility index (Phi) is 11.6. The number of ether oxygens (including phenoxy) is 8. The van der Waals surface area contributed by atoms with Gasteiger partial charge in [0, 0.05) is 132 Å². The minimum absolute atomic E-state index is 0.0426. The van der Waals surface area contributed by atoms with Crippen molar-refractivity contribution in [3.63, 3.8) is 0 Å². The number of hydrogen-bond acceptors (Lipinski definition) is 14. The van der Waals surface area contributed by atoms with Crippen LogP contribution >= 0.6 is 0 Å². The van der Waals surface area contributed by atoms with E-state index in [1.807, 2.05) is 27.7 Å². The summed E-state index contributed by atoms with van der Waals surface area (Å²) in [7, 11) is 12.3. The Hall–Kier alpha value is -9.04. The lowest BCUT2D eigenvalue weighted by Crippen LogP contribution is -2.12. The maximum Gasteiger partial charge on any atom is 0.190 e. The van der Waals surface area contributed by atoms with Crippen LogP contribution in [-0.2, 0) is 22.4 Å². The second-order valence-electron chi connectivity index (χ2n) is 20.2. The number of phenols is 2. The molecule has 10 aromatic rings. The third kappa shape index (κ3) is 6.30. The Labute approximate surface area is 446 Å². The molecule has 0 saturated carbocycles. The van der Waals surface area contributed by atoms with E-state index < -0.39 is 0 Å². The lowest BCUT2D eigenvalue weighted by molar-refractivity contribution is -0.112. The molecular formula is C64H56O14. The predicted octanol–water partition coefficient (Wildman–Crippen LogP) is 10.4.